The maximum atomic E-state index is 12.5. The maximum absolute atomic E-state index is 12.5. The minimum absolute atomic E-state index is 0.0201. The Balaban J connectivity index is 1.30. The highest BCUT2D eigenvalue weighted by atomic mass is 35.5. The third kappa shape index (κ3) is 4.40. The molecule has 0 unspecified atom stereocenters. The van der Waals surface area contributed by atoms with Crippen molar-refractivity contribution in [3.05, 3.63) is 49.6 Å². The third-order valence-electron chi connectivity index (χ3n) is 4.98. The highest BCUT2D eigenvalue weighted by Gasteiger charge is 2.26. The number of fused-ring (bicyclic) bond motifs is 1. The number of Topliss-reactive ketones (excluding diaryl/α,β-unsaturated/α-hetero) is 1. The van der Waals surface area contributed by atoms with E-state index in [1.54, 1.807) is 23.5 Å². The van der Waals surface area contributed by atoms with E-state index in [-0.39, 0.29) is 24.5 Å². The standard InChI is InChI=1S/C20H18Cl2N2O2S2/c21-13-1-3-16-14(11-13)23-20(28-16)12-7-9-24(10-8-12)19(26)6-2-15(25)17-4-5-18(22)27-17/h1,3-5,11-12H,2,6-10H2. The molecule has 3 aromatic rings. The van der Waals surface area contributed by atoms with Gasteiger partial charge < -0.3 is 4.90 Å². The minimum atomic E-state index is -0.0201. The number of nitrogens with zero attached hydrogens (tertiary/aromatic N) is 2. The fourth-order valence-electron chi connectivity index (χ4n) is 3.43. The topological polar surface area (TPSA) is 50.3 Å². The van der Waals surface area contributed by atoms with E-state index in [4.69, 9.17) is 28.2 Å². The quantitative estimate of drug-likeness (QED) is 0.443. The Bertz CT molecular complexity index is 1020. The van der Waals surface area contributed by atoms with Gasteiger partial charge in [0.05, 0.1) is 24.4 Å². The molecule has 2 aromatic heterocycles. The summed E-state index contributed by atoms with van der Waals surface area (Å²) in [4.78, 5) is 31.9. The molecule has 1 saturated heterocycles. The van der Waals surface area contributed by atoms with E-state index in [2.05, 4.69) is 0 Å². The van der Waals surface area contributed by atoms with Crippen LogP contribution in [0, 0.1) is 0 Å². The zero-order valence-corrected chi connectivity index (χ0v) is 18.1. The Morgan fingerprint density at radius 2 is 1.86 bits per heavy atom. The number of thiazole rings is 1. The van der Waals surface area contributed by atoms with Gasteiger partial charge >= 0.3 is 0 Å². The summed E-state index contributed by atoms with van der Waals surface area (Å²) in [5.74, 6) is 0.397. The van der Waals surface area contributed by atoms with Gasteiger partial charge in [-0.2, -0.15) is 0 Å². The van der Waals surface area contributed by atoms with Gasteiger partial charge in [-0.05, 0) is 43.2 Å². The van der Waals surface area contributed by atoms with Gasteiger partial charge in [0.2, 0.25) is 5.91 Å². The van der Waals surface area contributed by atoms with Crippen LogP contribution in [0.2, 0.25) is 9.36 Å². The molecule has 0 bridgehead atoms. The number of amides is 1. The fourth-order valence-corrected chi connectivity index (χ4v) is 5.73. The zero-order valence-electron chi connectivity index (χ0n) is 15.0. The molecule has 0 radical (unpaired) electrons. The van der Waals surface area contributed by atoms with Crippen LogP contribution < -0.4 is 0 Å². The Morgan fingerprint density at radius 1 is 1.07 bits per heavy atom. The number of aromatic nitrogens is 1. The Hall–Kier alpha value is -1.47. The van der Waals surface area contributed by atoms with Crippen molar-refractivity contribution in [1.82, 2.24) is 9.88 Å². The molecule has 0 atom stereocenters. The molecule has 4 nitrogen and oxygen atoms in total. The van der Waals surface area contributed by atoms with E-state index < -0.39 is 0 Å². The first-order chi connectivity index (χ1) is 13.5. The second-order valence-electron chi connectivity index (χ2n) is 6.85. The van der Waals surface area contributed by atoms with E-state index in [0.717, 1.165) is 28.1 Å². The van der Waals surface area contributed by atoms with Gasteiger partial charge in [0.1, 0.15) is 0 Å². The van der Waals surface area contributed by atoms with Gasteiger partial charge in [-0.3, -0.25) is 9.59 Å². The molecule has 1 aliphatic rings. The van der Waals surface area contributed by atoms with E-state index >= 15 is 0 Å². The Morgan fingerprint density at radius 3 is 2.57 bits per heavy atom. The number of hydrogen-bond donors (Lipinski definition) is 0. The second kappa shape index (κ2) is 8.49. The number of likely N-dealkylation sites (tertiary alicyclic amines) is 1. The molecule has 0 saturated carbocycles. The number of thiophene rings is 1. The van der Waals surface area contributed by atoms with E-state index in [9.17, 15) is 9.59 Å². The summed E-state index contributed by atoms with van der Waals surface area (Å²) in [5, 5.41) is 1.82. The smallest absolute Gasteiger partial charge is 0.223 e. The van der Waals surface area contributed by atoms with Crippen LogP contribution in [0.1, 0.15) is 46.3 Å². The van der Waals surface area contributed by atoms with Gasteiger partial charge in [-0.1, -0.05) is 23.2 Å². The monoisotopic (exact) mass is 452 g/mol. The average Bonchev–Trinajstić information content (AvgIpc) is 3.31. The first-order valence-electron chi connectivity index (χ1n) is 9.12. The first kappa shape index (κ1) is 19.8. The number of halogens is 2. The van der Waals surface area contributed by atoms with Crippen molar-refractivity contribution in [2.75, 3.05) is 13.1 Å². The molecule has 0 N–H and O–H groups in total. The predicted octanol–water partition coefficient (Wildman–Crippen LogP) is 6.03. The van der Waals surface area contributed by atoms with Crippen LogP contribution in [0.4, 0.5) is 0 Å². The third-order valence-corrected chi connectivity index (χ3v) is 7.68. The fraction of sp³-hybridized carbons (Fsp3) is 0.350. The van der Waals surface area contributed by atoms with Crippen LogP contribution >= 0.6 is 45.9 Å². The van der Waals surface area contributed by atoms with E-state index in [1.807, 2.05) is 23.1 Å². The predicted molar refractivity (Wildman–Crippen MR) is 116 cm³/mol. The van der Waals surface area contributed by atoms with Crippen LogP contribution in [0.3, 0.4) is 0 Å². The molecular weight excluding hydrogens is 435 g/mol. The van der Waals surface area contributed by atoms with Crippen molar-refractivity contribution in [3.8, 4) is 0 Å². The van der Waals surface area contributed by atoms with Crippen molar-refractivity contribution in [1.29, 1.82) is 0 Å². The van der Waals surface area contributed by atoms with Crippen LogP contribution in [0.25, 0.3) is 10.2 Å². The van der Waals surface area contributed by atoms with Gasteiger partial charge in [-0.15, -0.1) is 22.7 Å². The van der Waals surface area contributed by atoms with Crippen molar-refractivity contribution >= 4 is 67.8 Å². The Kier molecular flexibility index (Phi) is 6.01. The lowest BCUT2D eigenvalue weighted by Crippen LogP contribution is -2.38. The highest BCUT2D eigenvalue weighted by molar-refractivity contribution is 7.18. The second-order valence-corrected chi connectivity index (χ2v) is 10.1. The van der Waals surface area contributed by atoms with Gasteiger partial charge in [0.25, 0.3) is 0 Å². The Labute approximate surface area is 181 Å². The molecule has 8 heteroatoms. The number of hydrogen-bond acceptors (Lipinski definition) is 5. The van der Waals surface area contributed by atoms with Gasteiger partial charge in [0, 0.05) is 36.9 Å². The number of benzene rings is 1. The number of rotatable bonds is 5. The number of ketones is 1. The summed E-state index contributed by atoms with van der Waals surface area (Å²) in [6, 6.07) is 9.22. The largest absolute Gasteiger partial charge is 0.343 e. The summed E-state index contributed by atoms with van der Waals surface area (Å²) in [6.45, 7) is 1.42. The summed E-state index contributed by atoms with van der Waals surface area (Å²) in [5.41, 5.74) is 0.943. The lowest BCUT2D eigenvalue weighted by molar-refractivity contribution is -0.132. The van der Waals surface area contributed by atoms with Crippen molar-refractivity contribution < 1.29 is 9.59 Å². The van der Waals surface area contributed by atoms with Crippen LogP contribution in [0.5, 0.6) is 0 Å². The van der Waals surface area contributed by atoms with Crippen molar-refractivity contribution in [3.63, 3.8) is 0 Å². The molecule has 28 heavy (non-hydrogen) atoms. The summed E-state index contributed by atoms with van der Waals surface area (Å²) in [6.07, 6.45) is 2.27. The molecule has 1 fully saturated rings. The molecule has 1 aromatic carbocycles. The molecule has 4 rings (SSSR count). The van der Waals surface area contributed by atoms with Crippen LogP contribution in [-0.2, 0) is 4.79 Å². The lowest BCUT2D eigenvalue weighted by Gasteiger charge is -2.31. The number of piperidine rings is 1. The molecule has 0 spiro atoms. The normalized spacial score (nSPS) is 15.3. The molecule has 3 heterocycles. The van der Waals surface area contributed by atoms with Crippen LogP contribution in [0.15, 0.2) is 30.3 Å². The van der Waals surface area contributed by atoms with Crippen LogP contribution in [-0.4, -0.2) is 34.7 Å². The van der Waals surface area contributed by atoms with Gasteiger partial charge in [0.15, 0.2) is 5.78 Å². The molecule has 1 aliphatic heterocycles. The molecule has 146 valence electrons. The maximum Gasteiger partial charge on any atom is 0.223 e. The number of carbonyl (C=O) groups is 2. The summed E-state index contributed by atoms with van der Waals surface area (Å²) in [7, 11) is 0. The first-order valence-corrected chi connectivity index (χ1v) is 11.5. The SMILES string of the molecule is O=C(CCC(=O)N1CCC(c2nc3cc(Cl)ccc3s2)CC1)c1ccc(Cl)s1. The average molecular weight is 453 g/mol. The zero-order chi connectivity index (χ0) is 19.7. The molecule has 1 amide bonds. The molecular formula is C20H18Cl2N2O2S2. The van der Waals surface area contributed by atoms with Gasteiger partial charge in [-0.25, -0.2) is 4.98 Å². The lowest BCUT2D eigenvalue weighted by atomic mass is 9.97. The highest BCUT2D eigenvalue weighted by Crippen LogP contribution is 2.35. The van der Waals surface area contributed by atoms with E-state index in [0.29, 0.717) is 33.2 Å². The minimum Gasteiger partial charge on any atom is -0.343 e. The van der Waals surface area contributed by atoms with Crippen molar-refractivity contribution in [2.24, 2.45) is 0 Å². The summed E-state index contributed by atoms with van der Waals surface area (Å²) >= 11 is 14.9. The van der Waals surface area contributed by atoms with E-state index in [1.165, 1.54) is 11.3 Å². The summed E-state index contributed by atoms with van der Waals surface area (Å²) < 4.78 is 1.74. The number of carbonyl (C=O) groups excluding carboxylic acids is 2. The molecule has 0 aliphatic carbocycles. The van der Waals surface area contributed by atoms with Crippen molar-refractivity contribution in [2.45, 2.75) is 31.6 Å².